The summed E-state index contributed by atoms with van der Waals surface area (Å²) >= 11 is 4.55. The molecule has 0 radical (unpaired) electrons. The maximum atomic E-state index is 11.4. The third-order valence-corrected chi connectivity index (χ3v) is 4.00. The quantitative estimate of drug-likeness (QED) is 0.520. The molecule has 4 nitrogen and oxygen atoms in total. The fourth-order valence-electron chi connectivity index (χ4n) is 2.21. The molecule has 5 N–H and O–H groups in total. The van der Waals surface area contributed by atoms with E-state index in [1.165, 1.54) is 5.56 Å². The van der Waals surface area contributed by atoms with Crippen LogP contribution in [0.1, 0.15) is 25.8 Å². The first kappa shape index (κ1) is 18.0. The number of amides is 1. The molecule has 0 bridgehead atoms. The van der Waals surface area contributed by atoms with E-state index in [0.29, 0.717) is 12.5 Å². The Morgan fingerprint density at radius 2 is 1.90 bits per heavy atom. The molecule has 3 atom stereocenters. The van der Waals surface area contributed by atoms with Gasteiger partial charge in [0.15, 0.2) is 0 Å². The van der Waals surface area contributed by atoms with Gasteiger partial charge in [-0.3, -0.25) is 4.79 Å². The van der Waals surface area contributed by atoms with Crippen LogP contribution in [0.25, 0.3) is 0 Å². The van der Waals surface area contributed by atoms with Crippen molar-refractivity contribution in [3.63, 3.8) is 0 Å². The Morgan fingerprint density at radius 1 is 1.29 bits per heavy atom. The Hall–Kier alpha value is -1.04. The van der Waals surface area contributed by atoms with Gasteiger partial charge in [0.2, 0.25) is 5.91 Å². The molecule has 1 unspecified atom stereocenters. The predicted octanol–water partition coefficient (Wildman–Crippen LogP) is 1.34. The highest BCUT2D eigenvalue weighted by Crippen LogP contribution is 2.09. The number of carbonyl (C=O) groups is 1. The second-order valence-electron chi connectivity index (χ2n) is 5.91. The summed E-state index contributed by atoms with van der Waals surface area (Å²) in [7, 11) is 0. The molecule has 118 valence electrons. The van der Waals surface area contributed by atoms with Crippen LogP contribution in [-0.4, -0.2) is 29.8 Å². The number of primary amides is 1. The molecule has 0 aliphatic heterocycles. The van der Waals surface area contributed by atoms with E-state index in [1.807, 2.05) is 18.2 Å². The molecule has 0 aliphatic rings. The second-order valence-corrected chi connectivity index (χ2v) is 6.58. The zero-order valence-corrected chi connectivity index (χ0v) is 13.7. The summed E-state index contributed by atoms with van der Waals surface area (Å²) in [5.74, 6) is 0.0900. The van der Waals surface area contributed by atoms with E-state index in [4.69, 9.17) is 11.5 Å². The van der Waals surface area contributed by atoms with Crippen molar-refractivity contribution in [3.05, 3.63) is 35.9 Å². The van der Waals surface area contributed by atoms with E-state index in [2.05, 4.69) is 43.9 Å². The Morgan fingerprint density at radius 3 is 2.43 bits per heavy atom. The number of hydrogen-bond donors (Lipinski definition) is 4. The number of benzene rings is 1. The summed E-state index contributed by atoms with van der Waals surface area (Å²) in [4.78, 5) is 11.4. The van der Waals surface area contributed by atoms with Crippen molar-refractivity contribution in [3.8, 4) is 0 Å². The molecule has 5 heteroatoms. The number of carbonyl (C=O) groups excluding carboxylic acids is 1. The van der Waals surface area contributed by atoms with Gasteiger partial charge in [-0.1, -0.05) is 44.2 Å². The first-order chi connectivity index (χ1) is 9.90. The van der Waals surface area contributed by atoms with Gasteiger partial charge in [0.05, 0.1) is 6.04 Å². The maximum Gasteiger partial charge on any atom is 0.234 e. The second kappa shape index (κ2) is 9.07. The molecule has 1 amide bonds. The molecular formula is C16H27N3OS. The summed E-state index contributed by atoms with van der Waals surface area (Å²) < 4.78 is 0. The lowest BCUT2D eigenvalue weighted by Gasteiger charge is -2.23. The SMILES string of the molecule is CC(C)C[C@H](NCC(S)[C@@H](N)Cc1ccccc1)C(N)=O. The van der Waals surface area contributed by atoms with Crippen LogP contribution >= 0.6 is 12.6 Å². The van der Waals surface area contributed by atoms with Crippen LogP contribution < -0.4 is 16.8 Å². The van der Waals surface area contributed by atoms with E-state index >= 15 is 0 Å². The normalized spacial score (nSPS) is 15.7. The third-order valence-electron chi connectivity index (χ3n) is 3.43. The number of rotatable bonds is 9. The largest absolute Gasteiger partial charge is 0.368 e. The Labute approximate surface area is 133 Å². The van der Waals surface area contributed by atoms with E-state index in [1.54, 1.807) is 0 Å². The van der Waals surface area contributed by atoms with E-state index in [9.17, 15) is 4.79 Å². The zero-order valence-electron chi connectivity index (χ0n) is 12.8. The van der Waals surface area contributed by atoms with E-state index < -0.39 is 0 Å². The highest BCUT2D eigenvalue weighted by atomic mass is 32.1. The monoisotopic (exact) mass is 309 g/mol. The zero-order chi connectivity index (χ0) is 15.8. The minimum absolute atomic E-state index is 0.0285. The van der Waals surface area contributed by atoms with Gasteiger partial charge in [0, 0.05) is 17.8 Å². The standard InChI is InChI=1S/C16H27N3OS/c1-11(2)8-14(16(18)20)19-10-15(21)13(17)9-12-6-4-3-5-7-12/h3-7,11,13-15,19,21H,8-10,17H2,1-2H3,(H2,18,20)/t13-,14-,15?/m0/s1. The average Bonchev–Trinajstić information content (AvgIpc) is 2.43. The molecule has 1 aromatic carbocycles. The van der Waals surface area contributed by atoms with Crippen molar-refractivity contribution in [2.75, 3.05) is 6.54 Å². The predicted molar refractivity (Wildman–Crippen MR) is 91.3 cm³/mol. The Balaban J connectivity index is 2.44. The summed E-state index contributed by atoms with van der Waals surface area (Å²) in [5, 5.41) is 3.16. The molecule has 1 rings (SSSR count). The van der Waals surface area contributed by atoms with Crippen LogP contribution in [0.4, 0.5) is 0 Å². The molecule has 0 saturated carbocycles. The van der Waals surface area contributed by atoms with Crippen LogP contribution in [-0.2, 0) is 11.2 Å². The third kappa shape index (κ3) is 6.98. The molecule has 0 aromatic heterocycles. The van der Waals surface area contributed by atoms with E-state index in [0.717, 1.165) is 12.8 Å². The van der Waals surface area contributed by atoms with Crippen molar-refractivity contribution in [1.29, 1.82) is 0 Å². The number of hydrogen-bond acceptors (Lipinski definition) is 4. The first-order valence-corrected chi connectivity index (χ1v) is 7.92. The first-order valence-electron chi connectivity index (χ1n) is 7.40. The Kier molecular flexibility index (Phi) is 7.78. The minimum atomic E-state index is -0.319. The fraction of sp³-hybridized carbons (Fsp3) is 0.562. The highest BCUT2D eigenvalue weighted by Gasteiger charge is 2.20. The molecule has 1 aromatic rings. The van der Waals surface area contributed by atoms with Gasteiger partial charge in [-0.25, -0.2) is 0 Å². The highest BCUT2D eigenvalue weighted by molar-refractivity contribution is 7.81. The minimum Gasteiger partial charge on any atom is -0.368 e. The lowest BCUT2D eigenvalue weighted by Crippen LogP contribution is -2.48. The molecule has 0 aliphatic carbocycles. The van der Waals surface area contributed by atoms with Gasteiger partial charge in [0.25, 0.3) is 0 Å². The lowest BCUT2D eigenvalue weighted by atomic mass is 10.0. The van der Waals surface area contributed by atoms with E-state index in [-0.39, 0.29) is 23.2 Å². The number of nitrogens with two attached hydrogens (primary N) is 2. The van der Waals surface area contributed by atoms with Crippen LogP contribution in [0.2, 0.25) is 0 Å². The summed E-state index contributed by atoms with van der Waals surface area (Å²) in [6, 6.07) is 9.70. The molecule has 0 saturated heterocycles. The topological polar surface area (TPSA) is 81.1 Å². The number of thiol groups is 1. The van der Waals surface area contributed by atoms with Gasteiger partial charge in [-0.2, -0.15) is 12.6 Å². The van der Waals surface area contributed by atoms with Crippen LogP contribution in [0, 0.1) is 5.92 Å². The van der Waals surface area contributed by atoms with Crippen molar-refractivity contribution in [1.82, 2.24) is 5.32 Å². The Bertz CT molecular complexity index is 425. The molecular weight excluding hydrogens is 282 g/mol. The summed E-state index contributed by atoms with van der Waals surface area (Å²) in [6.07, 6.45) is 1.49. The smallest absolute Gasteiger partial charge is 0.234 e. The number of nitrogens with one attached hydrogen (secondary N) is 1. The summed E-state index contributed by atoms with van der Waals surface area (Å²) in [5.41, 5.74) is 12.8. The van der Waals surface area contributed by atoms with Gasteiger partial charge in [-0.15, -0.1) is 0 Å². The fourth-order valence-corrected chi connectivity index (χ4v) is 2.42. The van der Waals surface area contributed by atoms with Crippen molar-refractivity contribution >= 4 is 18.5 Å². The van der Waals surface area contributed by atoms with Crippen LogP contribution in [0.15, 0.2) is 30.3 Å². The molecule has 0 spiro atoms. The average molecular weight is 309 g/mol. The molecule has 0 heterocycles. The van der Waals surface area contributed by atoms with Crippen LogP contribution in [0.5, 0.6) is 0 Å². The van der Waals surface area contributed by atoms with Gasteiger partial charge < -0.3 is 16.8 Å². The van der Waals surface area contributed by atoms with Crippen molar-refractivity contribution < 1.29 is 4.79 Å². The maximum absolute atomic E-state index is 11.4. The van der Waals surface area contributed by atoms with Gasteiger partial charge in [0.1, 0.15) is 0 Å². The van der Waals surface area contributed by atoms with Gasteiger partial charge >= 0.3 is 0 Å². The lowest BCUT2D eigenvalue weighted by molar-refractivity contribution is -0.120. The molecule has 0 fully saturated rings. The molecule has 21 heavy (non-hydrogen) atoms. The van der Waals surface area contributed by atoms with Gasteiger partial charge in [-0.05, 0) is 24.3 Å². The summed E-state index contributed by atoms with van der Waals surface area (Å²) in [6.45, 7) is 4.70. The van der Waals surface area contributed by atoms with Crippen molar-refractivity contribution in [2.45, 2.75) is 44.0 Å². The van der Waals surface area contributed by atoms with Crippen molar-refractivity contribution in [2.24, 2.45) is 17.4 Å². The van der Waals surface area contributed by atoms with Crippen LogP contribution in [0.3, 0.4) is 0 Å².